The minimum atomic E-state index is -1.05. The quantitative estimate of drug-likeness (QED) is 0.689. The second-order valence-corrected chi connectivity index (χ2v) is 6.64. The molecule has 0 aliphatic rings. The molecule has 2 aromatic rings. The van der Waals surface area contributed by atoms with E-state index in [0.717, 1.165) is 0 Å². The highest BCUT2D eigenvalue weighted by Crippen LogP contribution is 2.29. The monoisotopic (exact) mass is 395 g/mol. The zero-order valence-corrected chi connectivity index (χ0v) is 16.1. The fourth-order valence-corrected chi connectivity index (χ4v) is 2.60. The summed E-state index contributed by atoms with van der Waals surface area (Å²) in [4.78, 5) is 26.2. The van der Waals surface area contributed by atoms with Gasteiger partial charge in [0, 0.05) is 24.7 Å². The number of hydrogen-bond donors (Lipinski definition) is 0. The van der Waals surface area contributed by atoms with E-state index < -0.39 is 18.2 Å². The van der Waals surface area contributed by atoms with E-state index in [9.17, 15) is 9.59 Å². The number of amides is 1. The normalized spacial score (nSPS) is 12.8. The summed E-state index contributed by atoms with van der Waals surface area (Å²) in [5.74, 6) is -0.725. The Morgan fingerprint density at radius 1 is 1.04 bits per heavy atom. The summed E-state index contributed by atoms with van der Waals surface area (Å²) in [5.41, 5.74) is 0.580. The lowest BCUT2D eigenvalue weighted by Gasteiger charge is -2.23. The topological polar surface area (TPSA) is 55.8 Å². The molecule has 5 nitrogen and oxygen atoms in total. The van der Waals surface area contributed by atoms with Gasteiger partial charge < -0.3 is 14.4 Å². The number of hydrogen-bond acceptors (Lipinski definition) is 4. The molecule has 0 heterocycles. The Morgan fingerprint density at radius 2 is 1.69 bits per heavy atom. The van der Waals surface area contributed by atoms with E-state index in [1.54, 1.807) is 50.5 Å². The molecule has 0 spiro atoms. The average Bonchev–Trinajstić information content (AvgIpc) is 2.61. The Labute approximate surface area is 162 Å². The summed E-state index contributed by atoms with van der Waals surface area (Å²) in [6.07, 6.45) is -2.01. The fraction of sp³-hybridized carbons (Fsp3) is 0.263. The van der Waals surface area contributed by atoms with E-state index in [2.05, 4.69) is 0 Å². The second-order valence-electron chi connectivity index (χ2n) is 5.80. The minimum absolute atomic E-state index is 0.279. The molecule has 138 valence electrons. The molecule has 0 radical (unpaired) electrons. The number of nitrogens with zero attached hydrogens (tertiary/aromatic N) is 1. The number of likely N-dealkylation sites (N-methyl/N-ethyl adjacent to an activating group) is 1. The van der Waals surface area contributed by atoms with Crippen molar-refractivity contribution < 1.29 is 19.1 Å². The van der Waals surface area contributed by atoms with Gasteiger partial charge in [-0.15, -0.1) is 0 Å². The number of rotatable bonds is 6. The summed E-state index contributed by atoms with van der Waals surface area (Å²) in [7, 11) is 3.19. The van der Waals surface area contributed by atoms with Crippen LogP contribution >= 0.6 is 23.2 Å². The second kappa shape index (κ2) is 8.92. The predicted octanol–water partition coefficient (Wildman–Crippen LogP) is 4.13. The van der Waals surface area contributed by atoms with E-state index >= 15 is 0 Å². The van der Waals surface area contributed by atoms with Crippen LogP contribution in [0, 0.1) is 0 Å². The third kappa shape index (κ3) is 5.13. The van der Waals surface area contributed by atoms with E-state index in [4.69, 9.17) is 32.7 Å². The van der Waals surface area contributed by atoms with Gasteiger partial charge in [-0.05, 0) is 25.1 Å². The number of esters is 1. The summed E-state index contributed by atoms with van der Waals surface area (Å²) in [6, 6.07) is 13.5. The van der Waals surface area contributed by atoms with Gasteiger partial charge in [0.2, 0.25) is 6.10 Å². The average molecular weight is 396 g/mol. The first-order chi connectivity index (χ1) is 12.3. The van der Waals surface area contributed by atoms with Gasteiger partial charge in [-0.25, -0.2) is 4.79 Å². The number of benzene rings is 2. The van der Waals surface area contributed by atoms with Gasteiger partial charge in [0.25, 0.3) is 5.91 Å². The Balaban J connectivity index is 2.14. The highest BCUT2D eigenvalue weighted by Gasteiger charge is 2.29. The summed E-state index contributed by atoms with van der Waals surface area (Å²) < 4.78 is 11.0. The van der Waals surface area contributed by atoms with Crippen LogP contribution in [-0.2, 0) is 14.3 Å². The Kier molecular flexibility index (Phi) is 6.89. The van der Waals surface area contributed by atoms with Crippen LogP contribution in [0.4, 0.5) is 0 Å². The summed E-state index contributed by atoms with van der Waals surface area (Å²) in [5, 5.41) is 0.736. The van der Waals surface area contributed by atoms with Crippen molar-refractivity contribution in [2.24, 2.45) is 0 Å². The molecule has 0 aliphatic carbocycles. The van der Waals surface area contributed by atoms with Crippen molar-refractivity contribution in [1.29, 1.82) is 0 Å². The molecule has 2 aromatic carbocycles. The maximum Gasteiger partial charge on any atom is 0.348 e. The van der Waals surface area contributed by atoms with E-state index in [1.807, 2.05) is 6.07 Å². The highest BCUT2D eigenvalue weighted by molar-refractivity contribution is 6.35. The molecular weight excluding hydrogens is 377 g/mol. The van der Waals surface area contributed by atoms with Gasteiger partial charge >= 0.3 is 5.97 Å². The molecule has 7 heteroatoms. The van der Waals surface area contributed by atoms with E-state index in [-0.39, 0.29) is 10.9 Å². The lowest BCUT2D eigenvalue weighted by molar-refractivity contribution is -0.165. The van der Waals surface area contributed by atoms with E-state index in [0.29, 0.717) is 16.3 Å². The Hall–Kier alpha value is -2.24. The highest BCUT2D eigenvalue weighted by atomic mass is 35.5. The van der Waals surface area contributed by atoms with Gasteiger partial charge in [-0.2, -0.15) is 0 Å². The fourth-order valence-electron chi connectivity index (χ4n) is 2.14. The third-order valence-electron chi connectivity index (χ3n) is 3.53. The molecule has 0 aromatic heterocycles. The first-order valence-corrected chi connectivity index (χ1v) is 8.63. The number of ether oxygens (including phenoxy) is 2. The van der Waals surface area contributed by atoms with Crippen LogP contribution in [-0.4, -0.2) is 37.0 Å². The molecule has 2 atom stereocenters. The van der Waals surface area contributed by atoms with Crippen LogP contribution < -0.4 is 4.74 Å². The maximum atomic E-state index is 12.4. The van der Waals surface area contributed by atoms with Crippen LogP contribution in [0.1, 0.15) is 18.6 Å². The van der Waals surface area contributed by atoms with Crippen LogP contribution in [0.2, 0.25) is 10.0 Å². The zero-order chi connectivity index (χ0) is 19.3. The van der Waals surface area contributed by atoms with Crippen molar-refractivity contribution in [3.05, 3.63) is 64.1 Å². The molecule has 2 rings (SSSR count). The van der Waals surface area contributed by atoms with Crippen molar-refractivity contribution in [3.63, 3.8) is 0 Å². The van der Waals surface area contributed by atoms with Crippen LogP contribution in [0.5, 0.6) is 5.75 Å². The molecule has 1 amide bonds. The number of carbonyl (C=O) groups excluding carboxylic acids is 2. The maximum absolute atomic E-state index is 12.4. The number of halogens is 2. The van der Waals surface area contributed by atoms with Crippen molar-refractivity contribution in [3.8, 4) is 5.75 Å². The molecule has 0 saturated heterocycles. The van der Waals surface area contributed by atoms with E-state index in [1.165, 1.54) is 17.9 Å². The lowest BCUT2D eigenvalue weighted by atomic mass is 10.1. The molecule has 0 N–H and O–H groups in total. The SMILES string of the molecule is C[C@H](Oc1ccc(Cl)cc1Cl)C(=O)O[C@H](C(=O)N(C)C)c1ccccc1. The minimum Gasteiger partial charge on any atom is -0.477 e. The van der Waals surface area contributed by atoms with Crippen molar-refractivity contribution in [2.45, 2.75) is 19.1 Å². The third-order valence-corrected chi connectivity index (χ3v) is 4.06. The molecule has 0 saturated carbocycles. The van der Waals surface area contributed by atoms with Crippen molar-refractivity contribution >= 4 is 35.1 Å². The summed E-state index contributed by atoms with van der Waals surface area (Å²) in [6.45, 7) is 1.52. The molecule has 0 unspecified atom stereocenters. The molecule has 0 fully saturated rings. The standard InChI is InChI=1S/C19H19Cl2NO4/c1-12(25-16-10-9-14(20)11-15(16)21)19(24)26-17(18(23)22(2)3)13-7-5-4-6-8-13/h4-12,17H,1-3H3/t12-,17-/m0/s1. The lowest BCUT2D eigenvalue weighted by Crippen LogP contribution is -2.35. The van der Waals surface area contributed by atoms with Gasteiger partial charge in [0.1, 0.15) is 5.75 Å². The molecule has 26 heavy (non-hydrogen) atoms. The zero-order valence-electron chi connectivity index (χ0n) is 14.6. The summed E-state index contributed by atoms with van der Waals surface area (Å²) >= 11 is 11.9. The van der Waals surface area contributed by atoms with Crippen molar-refractivity contribution in [2.75, 3.05) is 14.1 Å². The van der Waals surface area contributed by atoms with Gasteiger partial charge in [-0.3, -0.25) is 4.79 Å². The van der Waals surface area contributed by atoms with Crippen molar-refractivity contribution in [1.82, 2.24) is 4.90 Å². The van der Waals surface area contributed by atoms with Crippen LogP contribution in [0.15, 0.2) is 48.5 Å². The van der Waals surface area contributed by atoms with Crippen LogP contribution in [0.25, 0.3) is 0 Å². The van der Waals surface area contributed by atoms with Gasteiger partial charge in [0.05, 0.1) is 5.02 Å². The molecular formula is C19H19Cl2NO4. The Bertz CT molecular complexity index is 780. The number of carbonyl (C=O) groups is 2. The first-order valence-electron chi connectivity index (χ1n) is 7.88. The predicted molar refractivity (Wildman–Crippen MR) is 101 cm³/mol. The molecule has 0 bridgehead atoms. The smallest absolute Gasteiger partial charge is 0.348 e. The van der Waals surface area contributed by atoms with Crippen LogP contribution in [0.3, 0.4) is 0 Å². The van der Waals surface area contributed by atoms with Gasteiger partial charge in [-0.1, -0.05) is 53.5 Å². The van der Waals surface area contributed by atoms with Gasteiger partial charge in [0.15, 0.2) is 6.10 Å². The first kappa shape index (κ1) is 20.1. The largest absolute Gasteiger partial charge is 0.477 e. The Morgan fingerprint density at radius 3 is 2.27 bits per heavy atom. The molecule has 0 aliphatic heterocycles.